The molecule has 2 N–H and O–H groups in total. The molecule has 4 heteroatoms. The summed E-state index contributed by atoms with van der Waals surface area (Å²) in [4.78, 5) is 0. The quantitative estimate of drug-likeness (QED) is 0.899. The molecule has 0 spiro atoms. The molecule has 2 rings (SSSR count). The summed E-state index contributed by atoms with van der Waals surface area (Å²) >= 11 is 0. The zero-order valence-electron chi connectivity index (χ0n) is 11.1. The third-order valence-electron chi connectivity index (χ3n) is 3.10. The maximum absolute atomic E-state index is 5.78. The Morgan fingerprint density at radius 3 is 2.50 bits per heavy atom. The van der Waals surface area contributed by atoms with E-state index in [0.717, 1.165) is 12.2 Å². The van der Waals surface area contributed by atoms with Gasteiger partial charge in [0.15, 0.2) is 0 Å². The summed E-state index contributed by atoms with van der Waals surface area (Å²) in [6.45, 7) is 4.40. The topological polar surface area (TPSA) is 53.1 Å². The summed E-state index contributed by atoms with van der Waals surface area (Å²) < 4.78 is 7.28. The Kier molecular flexibility index (Phi) is 3.55. The molecule has 0 fully saturated rings. The molecule has 1 aromatic heterocycles. The Morgan fingerprint density at radius 2 is 2.00 bits per heavy atom. The SMILES string of the molecule is CCC(C)c1ccc(Oc2nn(C)cc2N)cc1. The van der Waals surface area contributed by atoms with Crippen LogP contribution < -0.4 is 10.5 Å². The maximum Gasteiger partial charge on any atom is 0.261 e. The third kappa shape index (κ3) is 2.64. The molecule has 1 aromatic carbocycles. The van der Waals surface area contributed by atoms with Crippen LogP contribution in [0.25, 0.3) is 0 Å². The van der Waals surface area contributed by atoms with Crippen molar-refractivity contribution in [2.24, 2.45) is 7.05 Å². The zero-order valence-corrected chi connectivity index (χ0v) is 11.1. The van der Waals surface area contributed by atoms with Crippen LogP contribution in [0.5, 0.6) is 11.6 Å². The van der Waals surface area contributed by atoms with Crippen LogP contribution in [0.3, 0.4) is 0 Å². The van der Waals surface area contributed by atoms with E-state index in [1.807, 2.05) is 19.2 Å². The second-order valence-corrected chi connectivity index (χ2v) is 4.54. The molecule has 0 saturated heterocycles. The highest BCUT2D eigenvalue weighted by Crippen LogP contribution is 2.27. The first-order valence-corrected chi connectivity index (χ1v) is 6.17. The average Bonchev–Trinajstić information content (AvgIpc) is 2.68. The average molecular weight is 245 g/mol. The highest BCUT2D eigenvalue weighted by Gasteiger charge is 2.07. The molecule has 18 heavy (non-hydrogen) atoms. The minimum Gasteiger partial charge on any atom is -0.436 e. The molecular formula is C14H19N3O. The molecule has 1 atom stereocenters. The Bertz CT molecular complexity index is 516. The number of nitrogens with two attached hydrogens (primary N) is 1. The van der Waals surface area contributed by atoms with Crippen molar-refractivity contribution < 1.29 is 4.74 Å². The summed E-state index contributed by atoms with van der Waals surface area (Å²) in [6.07, 6.45) is 2.86. The number of aromatic nitrogens is 2. The highest BCUT2D eigenvalue weighted by atomic mass is 16.5. The highest BCUT2D eigenvalue weighted by molar-refractivity contribution is 5.48. The van der Waals surface area contributed by atoms with Crippen LogP contribution in [0, 0.1) is 0 Å². The molecule has 1 heterocycles. The molecule has 0 radical (unpaired) electrons. The number of nitrogen functional groups attached to an aromatic ring is 1. The molecule has 96 valence electrons. The van der Waals surface area contributed by atoms with Crippen LogP contribution in [-0.4, -0.2) is 9.78 Å². The van der Waals surface area contributed by atoms with Crippen LogP contribution in [0.1, 0.15) is 31.7 Å². The van der Waals surface area contributed by atoms with Gasteiger partial charge in [-0.2, -0.15) is 0 Å². The number of rotatable bonds is 4. The van der Waals surface area contributed by atoms with Gasteiger partial charge >= 0.3 is 0 Å². The van der Waals surface area contributed by atoms with Gasteiger partial charge in [0.2, 0.25) is 0 Å². The summed E-state index contributed by atoms with van der Waals surface area (Å²) in [5.41, 5.74) is 7.64. The van der Waals surface area contributed by atoms with E-state index in [4.69, 9.17) is 10.5 Å². The number of hydrogen-bond acceptors (Lipinski definition) is 3. The molecule has 4 nitrogen and oxygen atoms in total. The maximum atomic E-state index is 5.78. The van der Waals surface area contributed by atoms with Gasteiger partial charge in [-0.25, -0.2) is 0 Å². The lowest BCUT2D eigenvalue weighted by molar-refractivity contribution is 0.455. The first-order chi connectivity index (χ1) is 8.60. The van der Waals surface area contributed by atoms with Gasteiger partial charge in [0.1, 0.15) is 11.4 Å². The van der Waals surface area contributed by atoms with Crippen LogP contribution in [0.2, 0.25) is 0 Å². The molecule has 0 aliphatic rings. The van der Waals surface area contributed by atoms with Crippen LogP contribution in [0.4, 0.5) is 5.69 Å². The van der Waals surface area contributed by atoms with Gasteiger partial charge in [-0.15, -0.1) is 5.10 Å². The van der Waals surface area contributed by atoms with Crippen LogP contribution in [0.15, 0.2) is 30.5 Å². The smallest absolute Gasteiger partial charge is 0.261 e. The fraction of sp³-hybridized carbons (Fsp3) is 0.357. The summed E-state index contributed by atoms with van der Waals surface area (Å²) in [6, 6.07) is 8.08. The number of anilines is 1. The van der Waals surface area contributed by atoms with Crippen LogP contribution in [-0.2, 0) is 7.05 Å². The molecule has 0 aliphatic carbocycles. The van der Waals surface area contributed by atoms with Gasteiger partial charge in [-0.05, 0) is 30.0 Å². The van der Waals surface area contributed by atoms with Crippen LogP contribution >= 0.6 is 0 Å². The van der Waals surface area contributed by atoms with E-state index in [2.05, 4.69) is 31.1 Å². The predicted octanol–water partition coefficient (Wildman–Crippen LogP) is 3.31. The lowest BCUT2D eigenvalue weighted by atomic mass is 9.99. The van der Waals surface area contributed by atoms with E-state index in [-0.39, 0.29) is 0 Å². The first kappa shape index (κ1) is 12.5. The van der Waals surface area contributed by atoms with Crippen molar-refractivity contribution in [2.45, 2.75) is 26.2 Å². The first-order valence-electron chi connectivity index (χ1n) is 6.17. The van der Waals surface area contributed by atoms with Gasteiger partial charge in [-0.3, -0.25) is 4.68 Å². The van der Waals surface area contributed by atoms with Crippen molar-refractivity contribution in [1.29, 1.82) is 0 Å². The Balaban J connectivity index is 2.13. The van der Waals surface area contributed by atoms with Gasteiger partial charge in [0.05, 0.1) is 6.20 Å². The van der Waals surface area contributed by atoms with Crippen molar-refractivity contribution in [3.05, 3.63) is 36.0 Å². The van der Waals surface area contributed by atoms with Gasteiger partial charge in [0, 0.05) is 7.05 Å². The normalized spacial score (nSPS) is 12.4. The minimum absolute atomic E-state index is 0.453. The second kappa shape index (κ2) is 5.12. The van der Waals surface area contributed by atoms with Gasteiger partial charge < -0.3 is 10.5 Å². The Labute approximate surface area is 107 Å². The van der Waals surface area contributed by atoms with E-state index in [1.54, 1.807) is 10.9 Å². The number of ether oxygens (including phenoxy) is 1. The van der Waals surface area contributed by atoms with E-state index in [9.17, 15) is 0 Å². The lowest BCUT2D eigenvalue weighted by Gasteiger charge is -2.09. The number of benzene rings is 1. The van der Waals surface area contributed by atoms with E-state index in [1.165, 1.54) is 5.56 Å². The summed E-state index contributed by atoms with van der Waals surface area (Å²) in [7, 11) is 1.81. The third-order valence-corrected chi connectivity index (χ3v) is 3.10. The predicted molar refractivity (Wildman–Crippen MR) is 72.8 cm³/mol. The van der Waals surface area contributed by atoms with Crippen molar-refractivity contribution in [1.82, 2.24) is 9.78 Å². The Hall–Kier alpha value is -1.97. The van der Waals surface area contributed by atoms with Crippen molar-refractivity contribution in [3.63, 3.8) is 0 Å². The van der Waals surface area contributed by atoms with E-state index >= 15 is 0 Å². The Morgan fingerprint density at radius 1 is 1.33 bits per heavy atom. The van der Waals surface area contributed by atoms with Crippen molar-refractivity contribution in [2.75, 3.05) is 5.73 Å². The number of nitrogens with zero attached hydrogens (tertiary/aromatic N) is 2. The largest absolute Gasteiger partial charge is 0.436 e. The van der Waals surface area contributed by atoms with Crippen molar-refractivity contribution >= 4 is 5.69 Å². The number of hydrogen-bond donors (Lipinski definition) is 1. The molecule has 0 bridgehead atoms. The second-order valence-electron chi connectivity index (χ2n) is 4.54. The molecule has 0 amide bonds. The molecular weight excluding hydrogens is 226 g/mol. The van der Waals surface area contributed by atoms with Gasteiger partial charge in [0.25, 0.3) is 5.88 Å². The van der Waals surface area contributed by atoms with Crippen molar-refractivity contribution in [3.8, 4) is 11.6 Å². The fourth-order valence-corrected chi connectivity index (χ4v) is 1.78. The molecule has 1 unspecified atom stereocenters. The number of aryl methyl sites for hydroxylation is 1. The zero-order chi connectivity index (χ0) is 13.1. The summed E-state index contributed by atoms with van der Waals surface area (Å²) in [5.74, 6) is 1.78. The van der Waals surface area contributed by atoms with Gasteiger partial charge in [-0.1, -0.05) is 26.0 Å². The van der Waals surface area contributed by atoms with E-state index < -0.39 is 0 Å². The standard InChI is InChI=1S/C14H19N3O/c1-4-10(2)11-5-7-12(8-6-11)18-14-13(15)9-17(3)16-14/h5-10H,4,15H2,1-3H3. The summed E-state index contributed by atoms with van der Waals surface area (Å²) in [5, 5.41) is 4.15. The monoisotopic (exact) mass is 245 g/mol. The fourth-order valence-electron chi connectivity index (χ4n) is 1.78. The van der Waals surface area contributed by atoms with E-state index in [0.29, 0.717) is 17.5 Å². The molecule has 0 aliphatic heterocycles. The minimum atomic E-state index is 0.453. The molecule has 0 saturated carbocycles. The lowest BCUT2D eigenvalue weighted by Crippen LogP contribution is -1.93. The molecule has 2 aromatic rings.